The zero-order valence-corrected chi connectivity index (χ0v) is 18.3. The number of hydrogen-bond donors (Lipinski definition) is 1. The number of halogens is 1. The molecule has 7 nitrogen and oxygen atoms in total. The van der Waals surface area contributed by atoms with Gasteiger partial charge in [-0.1, -0.05) is 24.6 Å². The van der Waals surface area contributed by atoms with Gasteiger partial charge in [0.15, 0.2) is 0 Å². The van der Waals surface area contributed by atoms with Gasteiger partial charge in [0.25, 0.3) is 5.69 Å². The van der Waals surface area contributed by atoms with Crippen LogP contribution in [0.4, 0.5) is 10.1 Å². The molecule has 32 heavy (non-hydrogen) atoms. The Morgan fingerprint density at radius 1 is 1.16 bits per heavy atom. The SMILES string of the molecule is CCN1CCN(C(=O)C[C@@H](c2cc(C)ccc2F)c2c[nH]c3ccc([N+](=O)[O-])cc23)CC1. The van der Waals surface area contributed by atoms with E-state index < -0.39 is 10.8 Å². The molecule has 1 aliphatic heterocycles. The first kappa shape index (κ1) is 22.0. The van der Waals surface area contributed by atoms with Crippen LogP contribution in [-0.4, -0.2) is 58.3 Å². The third-order valence-corrected chi connectivity index (χ3v) is 6.36. The van der Waals surface area contributed by atoms with Crippen molar-refractivity contribution in [1.82, 2.24) is 14.8 Å². The number of fused-ring (bicyclic) bond motifs is 1. The van der Waals surface area contributed by atoms with Crippen molar-refractivity contribution < 1.29 is 14.1 Å². The second-order valence-corrected chi connectivity index (χ2v) is 8.33. The number of carbonyl (C=O) groups is 1. The zero-order valence-electron chi connectivity index (χ0n) is 18.3. The van der Waals surface area contributed by atoms with E-state index in [9.17, 15) is 19.3 Å². The maximum Gasteiger partial charge on any atom is 0.270 e. The van der Waals surface area contributed by atoms with E-state index in [1.165, 1.54) is 18.2 Å². The number of rotatable bonds is 6. The number of carbonyl (C=O) groups excluding carboxylic acids is 1. The first-order chi connectivity index (χ1) is 15.4. The first-order valence-corrected chi connectivity index (χ1v) is 10.9. The number of nitro benzene ring substituents is 1. The van der Waals surface area contributed by atoms with Crippen molar-refractivity contribution in [2.75, 3.05) is 32.7 Å². The molecule has 1 N–H and O–H groups in total. The minimum absolute atomic E-state index is 0.0357. The van der Waals surface area contributed by atoms with E-state index in [2.05, 4.69) is 16.8 Å². The van der Waals surface area contributed by atoms with Gasteiger partial charge in [0, 0.05) is 67.8 Å². The summed E-state index contributed by atoms with van der Waals surface area (Å²) in [6.45, 7) is 7.88. The molecule has 4 rings (SSSR count). The molecule has 0 radical (unpaired) electrons. The Hall–Kier alpha value is -3.26. The molecular formula is C24H27FN4O3. The summed E-state index contributed by atoms with van der Waals surface area (Å²) in [7, 11) is 0. The van der Waals surface area contributed by atoms with E-state index >= 15 is 0 Å². The van der Waals surface area contributed by atoms with Gasteiger partial charge in [0.2, 0.25) is 5.91 Å². The van der Waals surface area contributed by atoms with Crippen molar-refractivity contribution in [2.45, 2.75) is 26.2 Å². The molecule has 1 aromatic heterocycles. The maximum atomic E-state index is 15.0. The van der Waals surface area contributed by atoms with Crippen LogP contribution in [0.25, 0.3) is 10.9 Å². The minimum atomic E-state index is -0.553. The van der Waals surface area contributed by atoms with Gasteiger partial charge in [-0.3, -0.25) is 14.9 Å². The Balaban J connectivity index is 1.73. The van der Waals surface area contributed by atoms with Crippen LogP contribution >= 0.6 is 0 Å². The summed E-state index contributed by atoms with van der Waals surface area (Å²) in [5, 5.41) is 12.0. The molecule has 1 fully saturated rings. The highest BCUT2D eigenvalue weighted by atomic mass is 19.1. The van der Waals surface area contributed by atoms with Crippen molar-refractivity contribution in [3.8, 4) is 0 Å². The van der Waals surface area contributed by atoms with Crippen LogP contribution in [0.1, 0.15) is 36.0 Å². The maximum absolute atomic E-state index is 15.0. The minimum Gasteiger partial charge on any atom is -0.361 e. The highest BCUT2D eigenvalue weighted by Gasteiger charge is 2.28. The Morgan fingerprint density at radius 3 is 2.59 bits per heavy atom. The number of non-ortho nitro benzene ring substituents is 1. The Labute approximate surface area is 186 Å². The fourth-order valence-electron chi connectivity index (χ4n) is 4.47. The summed E-state index contributed by atoms with van der Waals surface area (Å²) in [6.07, 6.45) is 1.84. The van der Waals surface area contributed by atoms with Crippen LogP contribution in [0, 0.1) is 22.9 Å². The summed E-state index contributed by atoms with van der Waals surface area (Å²) in [5.74, 6) is -0.974. The lowest BCUT2D eigenvalue weighted by Gasteiger charge is -2.35. The number of nitro groups is 1. The molecule has 0 unspecified atom stereocenters. The van der Waals surface area contributed by atoms with E-state index in [0.717, 1.165) is 25.2 Å². The fraction of sp³-hybridized carbons (Fsp3) is 0.375. The van der Waals surface area contributed by atoms with Crippen LogP contribution in [0.15, 0.2) is 42.6 Å². The van der Waals surface area contributed by atoms with E-state index in [1.807, 2.05) is 11.8 Å². The number of amides is 1. The highest BCUT2D eigenvalue weighted by molar-refractivity contribution is 5.87. The Kier molecular flexibility index (Phi) is 6.23. The number of nitrogens with zero attached hydrogens (tertiary/aromatic N) is 3. The first-order valence-electron chi connectivity index (χ1n) is 10.9. The second-order valence-electron chi connectivity index (χ2n) is 8.33. The average Bonchev–Trinajstić information content (AvgIpc) is 3.22. The molecule has 3 aromatic rings. The molecule has 0 saturated carbocycles. The molecule has 2 heterocycles. The zero-order chi connectivity index (χ0) is 22.8. The molecule has 1 saturated heterocycles. The van der Waals surface area contributed by atoms with Gasteiger partial charge in [-0.2, -0.15) is 0 Å². The summed E-state index contributed by atoms with van der Waals surface area (Å²) >= 11 is 0. The van der Waals surface area contributed by atoms with Crippen molar-refractivity contribution in [3.63, 3.8) is 0 Å². The molecule has 0 aliphatic carbocycles. The number of nitrogens with one attached hydrogen (secondary N) is 1. The van der Waals surface area contributed by atoms with Crippen molar-refractivity contribution in [1.29, 1.82) is 0 Å². The number of aromatic nitrogens is 1. The number of benzene rings is 2. The summed E-state index contributed by atoms with van der Waals surface area (Å²) in [6, 6.07) is 9.45. The van der Waals surface area contributed by atoms with Crippen molar-refractivity contribution >= 4 is 22.5 Å². The molecule has 1 aliphatic rings. The van der Waals surface area contributed by atoms with E-state index in [4.69, 9.17) is 0 Å². The van der Waals surface area contributed by atoms with Gasteiger partial charge < -0.3 is 14.8 Å². The largest absolute Gasteiger partial charge is 0.361 e. The lowest BCUT2D eigenvalue weighted by Crippen LogP contribution is -2.48. The number of hydrogen-bond acceptors (Lipinski definition) is 4. The Bertz CT molecular complexity index is 1150. The summed E-state index contributed by atoms with van der Waals surface area (Å²) < 4.78 is 15.0. The number of likely N-dealkylation sites (N-methyl/N-ethyl adjacent to an activating group) is 1. The predicted molar refractivity (Wildman–Crippen MR) is 121 cm³/mol. The van der Waals surface area contributed by atoms with Crippen LogP contribution in [0.3, 0.4) is 0 Å². The van der Waals surface area contributed by atoms with Crippen LogP contribution in [0.5, 0.6) is 0 Å². The highest BCUT2D eigenvalue weighted by Crippen LogP contribution is 2.37. The van der Waals surface area contributed by atoms with Crippen molar-refractivity contribution in [2.24, 2.45) is 0 Å². The number of aromatic amines is 1. The Morgan fingerprint density at radius 2 is 1.91 bits per heavy atom. The van der Waals surface area contributed by atoms with Crippen LogP contribution < -0.4 is 0 Å². The van der Waals surface area contributed by atoms with Gasteiger partial charge in [-0.15, -0.1) is 0 Å². The van der Waals surface area contributed by atoms with Gasteiger partial charge in [-0.05, 0) is 36.7 Å². The average molecular weight is 439 g/mol. The summed E-state index contributed by atoms with van der Waals surface area (Å²) in [5.41, 5.74) is 2.68. The lowest BCUT2D eigenvalue weighted by molar-refractivity contribution is -0.384. The number of H-pyrrole nitrogens is 1. The number of aryl methyl sites for hydroxylation is 1. The molecule has 1 atom stereocenters. The summed E-state index contributed by atoms with van der Waals surface area (Å²) in [4.78, 5) is 31.4. The normalized spacial score (nSPS) is 15.8. The third-order valence-electron chi connectivity index (χ3n) is 6.36. The third kappa shape index (κ3) is 4.36. The van der Waals surface area contributed by atoms with E-state index in [-0.39, 0.29) is 23.8 Å². The van der Waals surface area contributed by atoms with Gasteiger partial charge in [0.05, 0.1) is 4.92 Å². The quantitative estimate of drug-likeness (QED) is 0.462. The molecule has 8 heteroatoms. The van der Waals surface area contributed by atoms with Crippen LogP contribution in [-0.2, 0) is 4.79 Å². The number of piperazine rings is 1. The fourth-order valence-corrected chi connectivity index (χ4v) is 4.47. The van der Waals surface area contributed by atoms with E-state index in [0.29, 0.717) is 35.1 Å². The van der Waals surface area contributed by atoms with Gasteiger partial charge in [0.1, 0.15) is 5.82 Å². The van der Waals surface area contributed by atoms with Gasteiger partial charge >= 0.3 is 0 Å². The topological polar surface area (TPSA) is 82.5 Å². The smallest absolute Gasteiger partial charge is 0.270 e. The molecular weight excluding hydrogens is 411 g/mol. The van der Waals surface area contributed by atoms with Crippen molar-refractivity contribution in [3.05, 3.63) is 75.2 Å². The van der Waals surface area contributed by atoms with Crippen LogP contribution in [0.2, 0.25) is 0 Å². The molecule has 0 bridgehead atoms. The molecule has 2 aromatic carbocycles. The van der Waals surface area contributed by atoms with Gasteiger partial charge in [-0.25, -0.2) is 4.39 Å². The molecule has 168 valence electrons. The molecule has 0 spiro atoms. The standard InChI is InChI=1S/C24H27FN4O3/c1-3-27-8-10-28(11-9-27)24(30)14-18(19-12-16(2)4-6-22(19)25)21-15-26-23-7-5-17(29(31)32)13-20(21)23/h4-7,12-13,15,18,26H,3,8-11,14H2,1-2H3/t18-/m0/s1. The monoisotopic (exact) mass is 438 g/mol. The van der Waals surface area contributed by atoms with E-state index in [1.54, 1.807) is 24.4 Å². The molecule has 1 amide bonds. The lowest BCUT2D eigenvalue weighted by atomic mass is 9.86. The second kappa shape index (κ2) is 9.08. The predicted octanol–water partition coefficient (Wildman–Crippen LogP) is 4.21.